The maximum atomic E-state index is 12.4. The third kappa shape index (κ3) is 3.04. The molecule has 0 bridgehead atoms. The Hall–Kier alpha value is -0.500. The molecule has 0 N–H and O–H groups in total. The maximum absolute atomic E-state index is 12.4. The molecule has 2 rings (SSSR count). The van der Waals surface area contributed by atoms with Crippen molar-refractivity contribution in [2.24, 2.45) is 0 Å². The van der Waals surface area contributed by atoms with Crippen LogP contribution in [0.1, 0.15) is 18.9 Å². The van der Waals surface area contributed by atoms with Gasteiger partial charge in [0, 0.05) is 23.6 Å². The van der Waals surface area contributed by atoms with Crippen molar-refractivity contribution in [2.75, 3.05) is 18.0 Å². The standard InChI is InChI=1S/C9H12F3N3S2/c1-5-3-15(4-6(2)16-5)8-14-13-7(17-8)9(10,11)12/h5-6H,3-4H2,1-2H3. The number of hydrogen-bond acceptors (Lipinski definition) is 5. The van der Waals surface area contributed by atoms with Crippen LogP contribution >= 0.6 is 23.1 Å². The topological polar surface area (TPSA) is 29.0 Å². The van der Waals surface area contributed by atoms with Gasteiger partial charge in [-0.15, -0.1) is 10.2 Å². The summed E-state index contributed by atoms with van der Waals surface area (Å²) >= 11 is 2.46. The van der Waals surface area contributed by atoms with Crippen LogP contribution in [0.2, 0.25) is 0 Å². The molecule has 1 aliphatic rings. The molecular formula is C9H12F3N3S2. The van der Waals surface area contributed by atoms with E-state index in [-0.39, 0.29) is 0 Å². The van der Waals surface area contributed by atoms with Crippen LogP contribution in [0.3, 0.4) is 0 Å². The molecule has 1 fully saturated rings. The van der Waals surface area contributed by atoms with E-state index >= 15 is 0 Å². The first-order valence-electron chi connectivity index (χ1n) is 5.17. The molecule has 0 amide bonds. The molecule has 2 heterocycles. The Morgan fingerprint density at radius 3 is 2.24 bits per heavy atom. The molecular weight excluding hydrogens is 271 g/mol. The molecule has 1 aromatic rings. The lowest BCUT2D eigenvalue weighted by atomic mass is 10.3. The molecule has 0 saturated carbocycles. The first-order valence-corrected chi connectivity index (χ1v) is 6.93. The van der Waals surface area contributed by atoms with E-state index in [4.69, 9.17) is 0 Å². The average Bonchev–Trinajstić information content (AvgIpc) is 2.63. The summed E-state index contributed by atoms with van der Waals surface area (Å²) in [5.41, 5.74) is 0. The second kappa shape index (κ2) is 4.64. The van der Waals surface area contributed by atoms with Gasteiger partial charge in [0.2, 0.25) is 10.1 Å². The summed E-state index contributed by atoms with van der Waals surface area (Å²) in [6.45, 7) is 5.58. The molecule has 8 heteroatoms. The van der Waals surface area contributed by atoms with Crippen molar-refractivity contribution in [1.29, 1.82) is 0 Å². The highest BCUT2D eigenvalue weighted by Crippen LogP contribution is 2.36. The van der Waals surface area contributed by atoms with Crippen LogP contribution in [0.25, 0.3) is 0 Å². The lowest BCUT2D eigenvalue weighted by Crippen LogP contribution is -2.40. The van der Waals surface area contributed by atoms with Crippen molar-refractivity contribution in [3.8, 4) is 0 Å². The van der Waals surface area contributed by atoms with Gasteiger partial charge in [-0.05, 0) is 0 Å². The highest BCUT2D eigenvalue weighted by molar-refractivity contribution is 8.00. The average molecular weight is 283 g/mol. The molecule has 0 aromatic carbocycles. The number of nitrogens with zero attached hydrogens (tertiary/aromatic N) is 3. The van der Waals surface area contributed by atoms with Gasteiger partial charge in [-0.2, -0.15) is 24.9 Å². The van der Waals surface area contributed by atoms with Gasteiger partial charge in [-0.25, -0.2) is 0 Å². The number of hydrogen-bond donors (Lipinski definition) is 0. The van der Waals surface area contributed by atoms with Gasteiger partial charge in [0.25, 0.3) is 0 Å². The number of alkyl halides is 3. The van der Waals surface area contributed by atoms with Crippen molar-refractivity contribution in [1.82, 2.24) is 10.2 Å². The molecule has 1 saturated heterocycles. The molecule has 0 aliphatic carbocycles. The van der Waals surface area contributed by atoms with E-state index in [1.54, 1.807) is 0 Å². The van der Waals surface area contributed by atoms with E-state index in [2.05, 4.69) is 24.0 Å². The highest BCUT2D eigenvalue weighted by atomic mass is 32.2. The first-order chi connectivity index (χ1) is 7.86. The van der Waals surface area contributed by atoms with E-state index in [0.29, 0.717) is 27.0 Å². The molecule has 0 spiro atoms. The normalized spacial score (nSPS) is 26.3. The fraction of sp³-hybridized carbons (Fsp3) is 0.778. The van der Waals surface area contributed by atoms with Gasteiger partial charge >= 0.3 is 6.18 Å². The van der Waals surface area contributed by atoms with Crippen LogP contribution in [0, 0.1) is 0 Å². The summed E-state index contributed by atoms with van der Waals surface area (Å²) in [7, 11) is 0. The molecule has 2 atom stereocenters. The van der Waals surface area contributed by atoms with Crippen LogP contribution in [-0.4, -0.2) is 33.8 Å². The summed E-state index contributed by atoms with van der Waals surface area (Å²) in [4.78, 5) is 1.89. The highest BCUT2D eigenvalue weighted by Gasteiger charge is 2.36. The fourth-order valence-corrected chi connectivity index (χ4v) is 3.85. The smallest absolute Gasteiger partial charge is 0.344 e. The number of aromatic nitrogens is 2. The number of halogens is 3. The summed E-state index contributed by atoms with van der Waals surface area (Å²) in [5.74, 6) is 0. The third-order valence-corrected chi connectivity index (χ3v) is 4.60. The van der Waals surface area contributed by atoms with Crippen molar-refractivity contribution >= 4 is 28.2 Å². The van der Waals surface area contributed by atoms with Gasteiger partial charge in [-0.3, -0.25) is 0 Å². The predicted octanol–water partition coefficient (Wildman–Crippen LogP) is 2.89. The SMILES string of the molecule is CC1CN(c2nnc(C(F)(F)F)s2)CC(C)S1. The minimum Gasteiger partial charge on any atom is -0.344 e. The molecule has 1 aromatic heterocycles. The Kier molecular flexibility index (Phi) is 3.53. The van der Waals surface area contributed by atoms with Gasteiger partial charge in [-0.1, -0.05) is 25.2 Å². The summed E-state index contributed by atoms with van der Waals surface area (Å²) in [6.07, 6.45) is -4.39. The van der Waals surface area contributed by atoms with Crippen molar-refractivity contribution in [3.63, 3.8) is 0 Å². The Balaban J connectivity index is 2.14. The molecule has 96 valence electrons. The Labute approximate surface area is 105 Å². The van der Waals surface area contributed by atoms with Gasteiger partial charge in [0.15, 0.2) is 0 Å². The predicted molar refractivity (Wildman–Crippen MR) is 63.6 cm³/mol. The molecule has 3 nitrogen and oxygen atoms in total. The lowest BCUT2D eigenvalue weighted by Gasteiger charge is -2.33. The quantitative estimate of drug-likeness (QED) is 0.792. The van der Waals surface area contributed by atoms with Crippen LogP contribution in [0.15, 0.2) is 0 Å². The van der Waals surface area contributed by atoms with Gasteiger partial charge in [0.05, 0.1) is 0 Å². The lowest BCUT2D eigenvalue weighted by molar-refractivity contribution is -0.138. The largest absolute Gasteiger partial charge is 0.445 e. The Morgan fingerprint density at radius 2 is 1.76 bits per heavy atom. The van der Waals surface area contributed by atoms with Crippen molar-refractivity contribution < 1.29 is 13.2 Å². The molecule has 17 heavy (non-hydrogen) atoms. The van der Waals surface area contributed by atoms with E-state index < -0.39 is 11.2 Å². The maximum Gasteiger partial charge on any atom is 0.445 e. The number of thioether (sulfide) groups is 1. The Bertz CT molecular complexity index is 383. The summed E-state index contributed by atoms with van der Waals surface area (Å²) < 4.78 is 37.2. The van der Waals surface area contributed by atoms with Crippen LogP contribution < -0.4 is 4.90 Å². The number of anilines is 1. The Morgan fingerprint density at radius 1 is 1.18 bits per heavy atom. The van der Waals surface area contributed by atoms with E-state index in [9.17, 15) is 13.2 Å². The minimum atomic E-state index is -4.39. The first kappa shape index (κ1) is 12.9. The minimum absolute atomic E-state index is 0.372. The summed E-state index contributed by atoms with van der Waals surface area (Å²) in [6, 6.07) is 0. The zero-order valence-electron chi connectivity index (χ0n) is 9.36. The van der Waals surface area contributed by atoms with Gasteiger partial charge in [0.1, 0.15) is 0 Å². The second-order valence-electron chi connectivity index (χ2n) is 4.05. The monoisotopic (exact) mass is 283 g/mol. The second-order valence-corrected chi connectivity index (χ2v) is 6.89. The molecule has 0 radical (unpaired) electrons. The van der Waals surface area contributed by atoms with Crippen molar-refractivity contribution in [2.45, 2.75) is 30.5 Å². The van der Waals surface area contributed by atoms with Crippen LogP contribution in [-0.2, 0) is 6.18 Å². The van der Waals surface area contributed by atoms with E-state index in [1.165, 1.54) is 0 Å². The molecule has 2 unspecified atom stereocenters. The molecule has 1 aliphatic heterocycles. The van der Waals surface area contributed by atoms with Gasteiger partial charge < -0.3 is 4.90 Å². The fourth-order valence-electron chi connectivity index (χ4n) is 1.79. The third-order valence-electron chi connectivity index (χ3n) is 2.35. The summed E-state index contributed by atoms with van der Waals surface area (Å²) in [5, 5.41) is 7.15. The van der Waals surface area contributed by atoms with E-state index in [0.717, 1.165) is 13.1 Å². The van der Waals surface area contributed by atoms with Crippen LogP contribution in [0.5, 0.6) is 0 Å². The number of rotatable bonds is 1. The van der Waals surface area contributed by atoms with Crippen LogP contribution in [0.4, 0.5) is 18.3 Å². The van der Waals surface area contributed by atoms with Crippen molar-refractivity contribution in [3.05, 3.63) is 5.01 Å². The zero-order valence-corrected chi connectivity index (χ0v) is 11.0. The van der Waals surface area contributed by atoms with E-state index in [1.807, 2.05) is 16.7 Å². The zero-order chi connectivity index (χ0) is 12.6.